The first-order valence-electron chi connectivity index (χ1n) is 10.4. The van der Waals surface area contributed by atoms with Gasteiger partial charge in [0.15, 0.2) is 0 Å². The number of nitrogens with zero attached hydrogens (tertiary/aromatic N) is 2. The van der Waals surface area contributed by atoms with Crippen molar-refractivity contribution in [1.82, 2.24) is 0 Å². The van der Waals surface area contributed by atoms with E-state index >= 15 is 0 Å². The van der Waals surface area contributed by atoms with Gasteiger partial charge in [-0.2, -0.15) is 4.99 Å². The van der Waals surface area contributed by atoms with E-state index < -0.39 is 6.89 Å². The van der Waals surface area contributed by atoms with Crippen LogP contribution in [0, 0.1) is 0 Å². The van der Waals surface area contributed by atoms with Crippen LogP contribution in [-0.4, -0.2) is 40.9 Å². The Morgan fingerprint density at radius 1 is 0.818 bits per heavy atom. The Kier molecular flexibility index (Phi) is 7.07. The first-order valence-corrected chi connectivity index (χ1v) is 13.2. The fourth-order valence-electron chi connectivity index (χ4n) is 3.88. The third-order valence-corrected chi connectivity index (χ3v) is 10.6. The van der Waals surface area contributed by atoms with Crippen molar-refractivity contribution in [3.63, 3.8) is 0 Å². The van der Waals surface area contributed by atoms with Gasteiger partial charge >= 0.3 is 5.97 Å². The molecular formula is C26H23N2O3PS. The van der Waals surface area contributed by atoms with Crippen molar-refractivity contribution >= 4 is 62.6 Å². The molecule has 0 unspecified atom stereocenters. The number of ether oxygens (including phenoxy) is 1. The molecule has 3 aromatic rings. The standard InChI is InChI=1S/C26H23N2O3PS/c1-19-27-25(30)24(26(28-19)33-18-23(29)31-2)32(20-12-6-3-7-13-20,21-14-8-4-9-15-21)22-16-10-5-11-17-22/h3-17H,18H2,1-2H3. The zero-order valence-corrected chi connectivity index (χ0v) is 20.1. The Balaban J connectivity index is 2.16. The number of thioether (sulfide) groups is 1. The van der Waals surface area contributed by atoms with E-state index in [1.165, 1.54) is 18.9 Å². The third kappa shape index (κ3) is 4.50. The molecule has 1 aliphatic heterocycles. The smallest absolute Gasteiger partial charge is 0.316 e. The Morgan fingerprint density at radius 3 is 1.70 bits per heavy atom. The van der Waals surface area contributed by atoms with Gasteiger partial charge in [0.2, 0.25) is 0 Å². The Bertz CT molecular complexity index is 1180. The second kappa shape index (κ2) is 10.2. The minimum atomic E-state index is -2.68. The third-order valence-electron chi connectivity index (χ3n) is 5.25. The molecule has 0 radical (unpaired) electrons. The van der Waals surface area contributed by atoms with Crippen molar-refractivity contribution in [3.8, 4) is 0 Å². The molecule has 0 spiro atoms. The highest BCUT2D eigenvalue weighted by Gasteiger charge is 2.37. The van der Waals surface area contributed by atoms with Crippen LogP contribution in [0.3, 0.4) is 0 Å². The van der Waals surface area contributed by atoms with Gasteiger partial charge in [-0.05, 0) is 29.7 Å². The Labute approximate surface area is 197 Å². The van der Waals surface area contributed by atoms with Crippen LogP contribution in [-0.2, 0) is 14.3 Å². The first-order chi connectivity index (χ1) is 16.1. The van der Waals surface area contributed by atoms with Crippen molar-refractivity contribution in [2.45, 2.75) is 6.92 Å². The van der Waals surface area contributed by atoms with Crippen LogP contribution in [0.4, 0.5) is 0 Å². The van der Waals surface area contributed by atoms with Gasteiger partial charge in [0, 0.05) is 0 Å². The summed E-state index contributed by atoms with van der Waals surface area (Å²) in [6, 6.07) is 30.1. The first kappa shape index (κ1) is 23.0. The molecule has 0 aliphatic carbocycles. The summed E-state index contributed by atoms with van der Waals surface area (Å²) in [4.78, 5) is 34.6. The van der Waals surface area contributed by atoms with E-state index in [4.69, 9.17) is 4.74 Å². The van der Waals surface area contributed by atoms with Gasteiger partial charge in [-0.25, -0.2) is 4.99 Å². The predicted octanol–water partition coefficient (Wildman–Crippen LogP) is 3.42. The van der Waals surface area contributed by atoms with Crippen molar-refractivity contribution in [1.29, 1.82) is 0 Å². The van der Waals surface area contributed by atoms with Gasteiger partial charge in [-0.3, -0.25) is 9.59 Å². The maximum atomic E-state index is 13.7. The second-order valence-electron chi connectivity index (χ2n) is 7.27. The summed E-state index contributed by atoms with van der Waals surface area (Å²) in [6.45, 7) is -0.984. The number of amides is 1. The van der Waals surface area contributed by atoms with Crippen LogP contribution in [0.2, 0.25) is 0 Å². The zero-order chi connectivity index (χ0) is 23.3. The summed E-state index contributed by atoms with van der Waals surface area (Å²) >= 11 is 1.22. The van der Waals surface area contributed by atoms with E-state index in [1.54, 1.807) is 6.92 Å². The van der Waals surface area contributed by atoms with Crippen molar-refractivity contribution in [2.75, 3.05) is 12.9 Å². The van der Waals surface area contributed by atoms with Gasteiger partial charge in [0.25, 0.3) is 5.91 Å². The largest absolute Gasteiger partial charge is 0.468 e. The number of methoxy groups -OCH3 is 1. The highest BCUT2D eigenvalue weighted by molar-refractivity contribution is 8.19. The molecule has 0 saturated carbocycles. The van der Waals surface area contributed by atoms with Gasteiger partial charge in [0.1, 0.15) is 10.9 Å². The number of rotatable bonds is 5. The summed E-state index contributed by atoms with van der Waals surface area (Å²) in [7, 11) is 1.35. The van der Waals surface area contributed by atoms with Gasteiger partial charge in [-0.1, -0.05) is 103 Å². The Hall–Kier alpha value is -3.21. The summed E-state index contributed by atoms with van der Waals surface area (Å²) in [6.07, 6.45) is 0. The quantitative estimate of drug-likeness (QED) is 0.420. The maximum absolute atomic E-state index is 13.7. The van der Waals surface area contributed by atoms with Crippen LogP contribution in [0.5, 0.6) is 0 Å². The SMILES string of the molecule is COC(=O)CSC1=NC(C)=NC(=O)C1=P(c1ccccc1)(c1ccccc1)c1ccccc1. The van der Waals surface area contributed by atoms with E-state index in [-0.39, 0.29) is 17.6 Å². The lowest BCUT2D eigenvalue weighted by Gasteiger charge is -2.32. The Morgan fingerprint density at radius 2 is 1.27 bits per heavy atom. The molecule has 33 heavy (non-hydrogen) atoms. The van der Waals surface area contributed by atoms with E-state index in [0.717, 1.165) is 15.9 Å². The fourth-order valence-corrected chi connectivity index (χ4v) is 9.48. The minimum absolute atomic E-state index is 0.0533. The predicted molar refractivity (Wildman–Crippen MR) is 140 cm³/mol. The van der Waals surface area contributed by atoms with Crippen LogP contribution in [0.1, 0.15) is 6.92 Å². The summed E-state index contributed by atoms with van der Waals surface area (Å²) in [5.74, 6) is -0.265. The normalized spacial score (nSPS) is 13.9. The van der Waals surface area contributed by atoms with Crippen LogP contribution in [0.25, 0.3) is 0 Å². The number of esters is 1. The molecule has 4 rings (SSSR count). The van der Waals surface area contributed by atoms with Crippen LogP contribution < -0.4 is 15.9 Å². The molecule has 5 nitrogen and oxygen atoms in total. The molecule has 1 aliphatic rings. The number of benzene rings is 3. The molecule has 3 aromatic carbocycles. The highest BCUT2D eigenvalue weighted by atomic mass is 32.2. The number of carbonyl (C=O) groups excluding carboxylic acids is 2. The zero-order valence-electron chi connectivity index (χ0n) is 18.3. The van der Waals surface area contributed by atoms with E-state index in [1.807, 2.05) is 54.6 Å². The van der Waals surface area contributed by atoms with Crippen molar-refractivity contribution < 1.29 is 14.3 Å². The summed E-state index contributed by atoms with van der Waals surface area (Å²) in [5.41, 5.74) is 0. The fraction of sp³-hybridized carbons (Fsp3) is 0.115. The topological polar surface area (TPSA) is 68.1 Å². The van der Waals surface area contributed by atoms with Crippen LogP contribution in [0.15, 0.2) is 101 Å². The number of aliphatic imine (C=N–C) groups is 2. The molecule has 1 amide bonds. The number of carbonyl (C=O) groups is 2. The van der Waals surface area contributed by atoms with Gasteiger partial charge in [-0.15, -0.1) is 0 Å². The van der Waals surface area contributed by atoms with Crippen molar-refractivity contribution in [2.24, 2.45) is 9.98 Å². The number of hydrogen-bond donors (Lipinski definition) is 0. The summed E-state index contributed by atoms with van der Waals surface area (Å²) < 4.78 is 4.84. The lowest BCUT2D eigenvalue weighted by atomic mass is 10.3. The minimum Gasteiger partial charge on any atom is -0.468 e. The molecule has 0 saturated heterocycles. The highest BCUT2D eigenvalue weighted by Crippen LogP contribution is 2.48. The summed E-state index contributed by atoms with van der Waals surface area (Å²) in [5, 5.41) is 4.11. The molecule has 0 aromatic heterocycles. The lowest BCUT2D eigenvalue weighted by molar-refractivity contribution is -0.137. The van der Waals surface area contributed by atoms with Gasteiger partial charge in [0.05, 0.1) is 18.2 Å². The molecule has 166 valence electrons. The number of amidine groups is 1. The molecule has 0 N–H and O–H groups in total. The number of hydrogen-bond acceptors (Lipinski definition) is 5. The average Bonchev–Trinajstić information content (AvgIpc) is 2.86. The molecular weight excluding hydrogens is 451 g/mol. The molecule has 7 heteroatoms. The average molecular weight is 475 g/mol. The maximum Gasteiger partial charge on any atom is 0.316 e. The molecule has 0 bridgehead atoms. The van der Waals surface area contributed by atoms with E-state index in [2.05, 4.69) is 46.4 Å². The van der Waals surface area contributed by atoms with Gasteiger partial charge < -0.3 is 4.74 Å². The van der Waals surface area contributed by atoms with E-state index in [9.17, 15) is 9.59 Å². The van der Waals surface area contributed by atoms with Crippen molar-refractivity contribution in [3.05, 3.63) is 91.0 Å². The monoisotopic (exact) mass is 474 g/mol. The lowest BCUT2D eigenvalue weighted by Crippen LogP contribution is -2.38. The molecule has 0 atom stereocenters. The van der Waals surface area contributed by atoms with E-state index in [0.29, 0.717) is 16.2 Å². The second-order valence-corrected chi connectivity index (χ2v) is 11.6. The van der Waals surface area contributed by atoms with Crippen LogP contribution >= 0.6 is 18.6 Å². The molecule has 1 heterocycles. The molecule has 0 fully saturated rings.